The fourth-order valence-electron chi connectivity index (χ4n) is 1.70. The number of alkyl halides is 3. The molecule has 1 aliphatic rings. The van der Waals surface area contributed by atoms with Crippen molar-refractivity contribution in [2.45, 2.75) is 19.0 Å². The van der Waals surface area contributed by atoms with Crippen molar-refractivity contribution in [2.75, 3.05) is 11.9 Å². The van der Waals surface area contributed by atoms with Crippen LogP contribution in [0, 0.1) is 0 Å². The van der Waals surface area contributed by atoms with Crippen LogP contribution in [0.4, 0.5) is 18.9 Å². The van der Waals surface area contributed by atoms with Crippen molar-refractivity contribution in [3.63, 3.8) is 0 Å². The van der Waals surface area contributed by atoms with Gasteiger partial charge in [-0.15, -0.1) is 0 Å². The van der Waals surface area contributed by atoms with Crippen molar-refractivity contribution in [1.82, 2.24) is 0 Å². The first-order valence-corrected chi connectivity index (χ1v) is 5.60. The first-order valence-electron chi connectivity index (χ1n) is 5.60. The van der Waals surface area contributed by atoms with Gasteiger partial charge in [-0.3, -0.25) is 4.79 Å². The van der Waals surface area contributed by atoms with Gasteiger partial charge in [0.05, 0.1) is 5.71 Å². The van der Waals surface area contributed by atoms with Gasteiger partial charge < -0.3 is 10.2 Å². The zero-order valence-electron chi connectivity index (χ0n) is 9.83. The van der Waals surface area contributed by atoms with Crippen molar-refractivity contribution in [1.29, 1.82) is 0 Å². The highest BCUT2D eigenvalue weighted by Gasteiger charge is 2.29. The number of oxime groups is 1. The van der Waals surface area contributed by atoms with Crippen LogP contribution in [0.1, 0.15) is 18.4 Å². The molecule has 0 atom stereocenters. The van der Waals surface area contributed by atoms with Crippen LogP contribution in [0.3, 0.4) is 0 Å². The van der Waals surface area contributed by atoms with E-state index < -0.39 is 12.8 Å². The average Bonchev–Trinajstić information content (AvgIpc) is 2.47. The Hall–Kier alpha value is -2.05. The third-order valence-corrected chi connectivity index (χ3v) is 2.50. The quantitative estimate of drug-likeness (QED) is 0.841. The molecular formula is C12H11F3N2O2. The second-order valence-electron chi connectivity index (χ2n) is 4.02. The van der Waals surface area contributed by atoms with Gasteiger partial charge in [-0.25, -0.2) is 0 Å². The lowest BCUT2D eigenvalue weighted by Crippen LogP contribution is -2.15. The number of anilines is 1. The highest BCUT2D eigenvalue weighted by Crippen LogP contribution is 2.23. The Balaban J connectivity index is 2.21. The summed E-state index contributed by atoms with van der Waals surface area (Å²) in [5, 5.41) is 6.17. The van der Waals surface area contributed by atoms with Crippen LogP contribution < -0.4 is 5.32 Å². The largest absolute Gasteiger partial charge is 0.425 e. The number of rotatable bonds is 2. The van der Waals surface area contributed by atoms with E-state index in [2.05, 4.69) is 15.3 Å². The Morgan fingerprint density at radius 3 is 2.74 bits per heavy atom. The SMILES string of the molecule is O=C1CC/C(=N/OCC(F)(F)F)c2ccccc2N1. The number of nitrogens with zero attached hydrogens (tertiary/aromatic N) is 1. The normalized spacial score (nSPS) is 17.6. The third kappa shape index (κ3) is 3.70. The van der Waals surface area contributed by atoms with Crippen molar-refractivity contribution >= 4 is 17.3 Å². The maximum Gasteiger partial charge on any atom is 0.425 e. The van der Waals surface area contributed by atoms with Crippen molar-refractivity contribution < 1.29 is 22.8 Å². The van der Waals surface area contributed by atoms with E-state index in [1.807, 2.05) is 0 Å². The summed E-state index contributed by atoms with van der Waals surface area (Å²) in [4.78, 5) is 15.7. The Morgan fingerprint density at radius 2 is 2.00 bits per heavy atom. The van der Waals surface area contributed by atoms with Crippen molar-refractivity contribution in [2.24, 2.45) is 5.16 Å². The molecule has 0 radical (unpaired) electrons. The molecular weight excluding hydrogens is 261 g/mol. The van der Waals surface area contributed by atoms with E-state index in [1.165, 1.54) is 0 Å². The topological polar surface area (TPSA) is 50.7 Å². The Kier molecular flexibility index (Phi) is 3.73. The number of nitrogens with one attached hydrogen (secondary N) is 1. The molecule has 0 fully saturated rings. The summed E-state index contributed by atoms with van der Waals surface area (Å²) in [6, 6.07) is 6.78. The summed E-state index contributed by atoms with van der Waals surface area (Å²) in [5.74, 6) is -0.200. The van der Waals surface area contributed by atoms with Crippen LogP contribution in [-0.4, -0.2) is 24.4 Å². The predicted molar refractivity (Wildman–Crippen MR) is 62.8 cm³/mol. The fraction of sp³-hybridized carbons (Fsp3) is 0.333. The molecule has 0 saturated heterocycles. The van der Waals surface area contributed by atoms with Gasteiger partial charge in [-0.2, -0.15) is 13.2 Å². The van der Waals surface area contributed by atoms with Crippen LogP contribution >= 0.6 is 0 Å². The molecule has 0 bridgehead atoms. The molecule has 19 heavy (non-hydrogen) atoms. The molecule has 0 saturated carbocycles. The Labute approximate surface area is 107 Å². The number of benzene rings is 1. The molecule has 1 N–H and O–H groups in total. The number of para-hydroxylation sites is 1. The molecule has 0 aromatic heterocycles. The van der Waals surface area contributed by atoms with E-state index in [0.29, 0.717) is 17.0 Å². The number of carbonyl (C=O) groups is 1. The van der Waals surface area contributed by atoms with Gasteiger partial charge in [0.15, 0.2) is 0 Å². The average molecular weight is 272 g/mol. The minimum atomic E-state index is -4.43. The lowest BCUT2D eigenvalue weighted by Gasteiger charge is -2.08. The number of fused-ring (bicyclic) bond motifs is 1. The molecule has 1 aromatic carbocycles. The lowest BCUT2D eigenvalue weighted by molar-refractivity contribution is -0.173. The van der Waals surface area contributed by atoms with Crippen LogP contribution in [0.5, 0.6) is 0 Å². The number of hydrogen-bond donors (Lipinski definition) is 1. The fourth-order valence-corrected chi connectivity index (χ4v) is 1.70. The lowest BCUT2D eigenvalue weighted by atomic mass is 10.1. The maximum atomic E-state index is 12.0. The van der Waals surface area contributed by atoms with Gasteiger partial charge in [-0.05, 0) is 6.07 Å². The molecule has 4 nitrogen and oxygen atoms in total. The predicted octanol–water partition coefficient (Wildman–Crippen LogP) is 2.70. The molecule has 0 aliphatic carbocycles. The summed E-state index contributed by atoms with van der Waals surface area (Å²) >= 11 is 0. The molecule has 7 heteroatoms. The molecule has 0 unspecified atom stereocenters. The second-order valence-corrected chi connectivity index (χ2v) is 4.02. The zero-order valence-corrected chi connectivity index (χ0v) is 9.83. The van der Waals surface area contributed by atoms with E-state index in [9.17, 15) is 18.0 Å². The molecule has 102 valence electrons. The minimum absolute atomic E-state index is 0.156. The summed E-state index contributed by atoms with van der Waals surface area (Å²) in [7, 11) is 0. The van der Waals surface area contributed by atoms with Gasteiger partial charge >= 0.3 is 6.18 Å². The molecule has 1 heterocycles. The first kappa shape index (κ1) is 13.4. The number of hydrogen-bond acceptors (Lipinski definition) is 3. The highest BCUT2D eigenvalue weighted by atomic mass is 19.4. The van der Waals surface area contributed by atoms with Crippen molar-refractivity contribution in [3.05, 3.63) is 29.8 Å². The summed E-state index contributed by atoms with van der Waals surface area (Å²) in [6.45, 7) is -1.44. The highest BCUT2D eigenvalue weighted by molar-refractivity contribution is 6.11. The third-order valence-electron chi connectivity index (χ3n) is 2.50. The summed E-state index contributed by atoms with van der Waals surface area (Å²) in [5.41, 5.74) is 1.44. The number of carbonyl (C=O) groups excluding carboxylic acids is 1. The Morgan fingerprint density at radius 1 is 1.26 bits per heavy atom. The van der Waals surface area contributed by atoms with E-state index >= 15 is 0 Å². The van der Waals surface area contributed by atoms with Gasteiger partial charge in [0.2, 0.25) is 12.5 Å². The zero-order chi connectivity index (χ0) is 13.9. The molecule has 1 aromatic rings. The van der Waals surface area contributed by atoms with Gasteiger partial charge in [0.25, 0.3) is 0 Å². The number of halogens is 3. The van der Waals surface area contributed by atoms with Crippen LogP contribution in [0.15, 0.2) is 29.4 Å². The van der Waals surface area contributed by atoms with E-state index in [1.54, 1.807) is 24.3 Å². The maximum absolute atomic E-state index is 12.0. The van der Waals surface area contributed by atoms with Crippen molar-refractivity contribution in [3.8, 4) is 0 Å². The van der Waals surface area contributed by atoms with Gasteiger partial charge in [0.1, 0.15) is 0 Å². The van der Waals surface area contributed by atoms with E-state index in [0.717, 1.165) is 0 Å². The monoisotopic (exact) mass is 272 g/mol. The van der Waals surface area contributed by atoms with Crippen LogP contribution in [0.2, 0.25) is 0 Å². The standard InChI is InChI=1S/C12H11F3N2O2/c13-12(14,15)7-19-17-10-5-6-11(18)16-9-4-2-1-3-8(9)10/h1-4H,5-7H2,(H,16,18)/b17-10-. The molecule has 2 rings (SSSR count). The van der Waals surface area contributed by atoms with E-state index in [-0.39, 0.29) is 18.7 Å². The van der Waals surface area contributed by atoms with E-state index in [4.69, 9.17) is 0 Å². The molecule has 0 spiro atoms. The van der Waals surface area contributed by atoms with Crippen LogP contribution in [-0.2, 0) is 9.63 Å². The van der Waals surface area contributed by atoms with Gasteiger partial charge in [0, 0.05) is 24.1 Å². The first-order chi connectivity index (χ1) is 8.96. The second kappa shape index (κ2) is 5.29. The van der Waals surface area contributed by atoms with Crippen LogP contribution in [0.25, 0.3) is 0 Å². The summed E-state index contributed by atoms with van der Waals surface area (Å²) < 4.78 is 36.0. The minimum Gasteiger partial charge on any atom is -0.386 e. The summed E-state index contributed by atoms with van der Waals surface area (Å²) in [6.07, 6.45) is -4.04. The molecule has 1 amide bonds. The molecule has 1 aliphatic heterocycles. The van der Waals surface area contributed by atoms with Gasteiger partial charge in [-0.1, -0.05) is 23.4 Å². The number of amides is 1. The smallest absolute Gasteiger partial charge is 0.386 e. The Bertz CT molecular complexity index is 512.